The Morgan fingerprint density at radius 3 is 1.47 bits per heavy atom. The predicted octanol–water partition coefficient (Wildman–Crippen LogP) is -0.257. The molecule has 0 saturated heterocycles. The van der Waals surface area contributed by atoms with Crippen LogP contribution in [-0.4, -0.2) is 23.3 Å². The van der Waals surface area contributed by atoms with Gasteiger partial charge in [0.2, 0.25) is 11.9 Å². The van der Waals surface area contributed by atoms with Crippen LogP contribution in [0.4, 0.5) is 0 Å². The summed E-state index contributed by atoms with van der Waals surface area (Å²) in [4.78, 5) is 1.86. The summed E-state index contributed by atoms with van der Waals surface area (Å²) in [6.07, 6.45) is 0. The number of nitrogens with zero attached hydrogens (tertiary/aromatic N) is 4. The highest BCUT2D eigenvalue weighted by molar-refractivity contribution is 7.16. The second-order valence-electron chi connectivity index (χ2n) is 3.58. The molecule has 0 atom stereocenters. The van der Waals surface area contributed by atoms with Crippen LogP contribution >= 0.6 is 11.3 Å². The quantitative estimate of drug-likeness (QED) is 0.341. The monoisotopic (exact) mass is 280 g/mol. The van der Waals surface area contributed by atoms with Crippen LogP contribution in [0.15, 0.2) is 32.5 Å². The van der Waals surface area contributed by atoms with Crippen LogP contribution in [0.1, 0.15) is 23.6 Å². The summed E-state index contributed by atoms with van der Waals surface area (Å²) in [5, 5.41) is 15.0. The smallest absolute Gasteiger partial charge is 0.211 e. The van der Waals surface area contributed by atoms with Gasteiger partial charge in [0.05, 0.1) is 21.2 Å². The van der Waals surface area contributed by atoms with Gasteiger partial charge in [-0.2, -0.15) is 10.2 Å². The molecule has 0 aromatic carbocycles. The number of hydrogen-bond acceptors (Lipinski definition) is 5. The van der Waals surface area contributed by atoms with Crippen molar-refractivity contribution >= 4 is 34.7 Å². The fourth-order valence-corrected chi connectivity index (χ4v) is 1.98. The molecule has 1 aromatic heterocycles. The fraction of sp³-hybridized carbons (Fsp3) is 0.200. The Hall–Kier alpha value is -2.42. The van der Waals surface area contributed by atoms with Crippen molar-refractivity contribution in [2.75, 3.05) is 0 Å². The van der Waals surface area contributed by atoms with Crippen molar-refractivity contribution in [2.24, 2.45) is 43.3 Å². The summed E-state index contributed by atoms with van der Waals surface area (Å²) in [5.41, 5.74) is 22.2. The zero-order valence-electron chi connectivity index (χ0n) is 10.7. The van der Waals surface area contributed by atoms with Crippen LogP contribution in [0, 0.1) is 0 Å². The normalized spacial score (nSPS) is 12.1. The second-order valence-corrected chi connectivity index (χ2v) is 4.67. The first-order valence-electron chi connectivity index (χ1n) is 5.27. The Bertz CT molecular complexity index is 509. The van der Waals surface area contributed by atoms with E-state index in [0.29, 0.717) is 11.4 Å². The number of rotatable bonds is 4. The molecule has 0 spiro atoms. The highest BCUT2D eigenvalue weighted by Gasteiger charge is 2.05. The third-order valence-electron chi connectivity index (χ3n) is 1.95. The molecule has 0 aliphatic heterocycles. The SMILES string of the molecule is C/C(=N\N=C(N)N)c1ccc(/C(C)=N/N=C(N)N)s1. The van der Waals surface area contributed by atoms with Crippen molar-refractivity contribution in [3.63, 3.8) is 0 Å². The third-order valence-corrected chi connectivity index (χ3v) is 3.25. The standard InChI is InChI=1S/C10H16N8S/c1-5(15-17-9(11)12)7-3-4-8(19-7)6(2)16-18-10(13)14/h3-4H,1-2H3,(H4,11,12,17)(H4,13,14,18)/b15-5+,16-6+. The summed E-state index contributed by atoms with van der Waals surface area (Å²) in [5.74, 6) is -0.164. The molecule has 0 saturated carbocycles. The molecule has 1 aromatic rings. The lowest BCUT2D eigenvalue weighted by atomic mass is 10.3. The minimum Gasteiger partial charge on any atom is -0.369 e. The van der Waals surface area contributed by atoms with Crippen LogP contribution in [-0.2, 0) is 0 Å². The minimum absolute atomic E-state index is 0.0818. The van der Waals surface area contributed by atoms with E-state index < -0.39 is 0 Å². The van der Waals surface area contributed by atoms with E-state index in [0.717, 1.165) is 9.75 Å². The van der Waals surface area contributed by atoms with E-state index in [9.17, 15) is 0 Å². The average molecular weight is 280 g/mol. The molecule has 8 N–H and O–H groups in total. The Morgan fingerprint density at radius 1 is 0.789 bits per heavy atom. The van der Waals surface area contributed by atoms with Gasteiger partial charge in [-0.3, -0.25) is 0 Å². The van der Waals surface area contributed by atoms with Gasteiger partial charge < -0.3 is 22.9 Å². The van der Waals surface area contributed by atoms with Gasteiger partial charge in [0.1, 0.15) is 0 Å². The van der Waals surface area contributed by atoms with Gasteiger partial charge in [0, 0.05) is 0 Å². The predicted molar refractivity (Wildman–Crippen MR) is 80.4 cm³/mol. The molecule has 0 aliphatic rings. The molecule has 9 heteroatoms. The maximum Gasteiger partial charge on any atom is 0.211 e. The maximum absolute atomic E-state index is 5.21. The molecule has 0 aliphatic carbocycles. The van der Waals surface area contributed by atoms with Gasteiger partial charge >= 0.3 is 0 Å². The Balaban J connectivity index is 2.94. The first-order chi connectivity index (χ1) is 8.90. The molecule has 8 nitrogen and oxygen atoms in total. The van der Waals surface area contributed by atoms with E-state index in [1.807, 2.05) is 26.0 Å². The Kier molecular flexibility index (Phi) is 5.01. The van der Waals surface area contributed by atoms with E-state index in [4.69, 9.17) is 22.9 Å². The highest BCUT2D eigenvalue weighted by Crippen LogP contribution is 2.18. The van der Waals surface area contributed by atoms with Crippen molar-refractivity contribution in [2.45, 2.75) is 13.8 Å². The second kappa shape index (κ2) is 6.50. The largest absolute Gasteiger partial charge is 0.369 e. The summed E-state index contributed by atoms with van der Waals surface area (Å²) < 4.78 is 0. The number of guanidine groups is 2. The number of thiophene rings is 1. The van der Waals surface area contributed by atoms with Gasteiger partial charge in [0.25, 0.3) is 0 Å². The van der Waals surface area contributed by atoms with Gasteiger partial charge in [-0.1, -0.05) is 0 Å². The molecule has 102 valence electrons. The van der Waals surface area contributed by atoms with Crippen molar-refractivity contribution in [3.05, 3.63) is 21.9 Å². The fourth-order valence-electron chi connectivity index (χ4n) is 1.09. The van der Waals surface area contributed by atoms with E-state index >= 15 is 0 Å². The maximum atomic E-state index is 5.21. The summed E-state index contributed by atoms with van der Waals surface area (Å²) >= 11 is 1.49. The molecule has 0 bridgehead atoms. The van der Waals surface area contributed by atoms with Crippen LogP contribution in [0.2, 0.25) is 0 Å². The van der Waals surface area contributed by atoms with E-state index in [2.05, 4.69) is 20.4 Å². The number of nitrogens with two attached hydrogens (primary N) is 4. The molecular formula is C10H16N8S. The first-order valence-corrected chi connectivity index (χ1v) is 6.08. The molecule has 1 rings (SSSR count). The van der Waals surface area contributed by atoms with Crippen molar-refractivity contribution in [1.82, 2.24) is 0 Å². The summed E-state index contributed by atoms with van der Waals surface area (Å²) in [6, 6.07) is 3.80. The lowest BCUT2D eigenvalue weighted by Crippen LogP contribution is -2.22. The summed E-state index contributed by atoms with van der Waals surface area (Å²) in [7, 11) is 0. The Labute approximate surface area is 114 Å². The van der Waals surface area contributed by atoms with Crippen LogP contribution in [0.5, 0.6) is 0 Å². The van der Waals surface area contributed by atoms with Gasteiger partial charge in [-0.15, -0.1) is 21.5 Å². The minimum atomic E-state index is -0.0818. The highest BCUT2D eigenvalue weighted by atomic mass is 32.1. The Morgan fingerprint density at radius 2 is 1.16 bits per heavy atom. The van der Waals surface area contributed by atoms with Crippen LogP contribution < -0.4 is 22.9 Å². The zero-order chi connectivity index (χ0) is 14.4. The van der Waals surface area contributed by atoms with Gasteiger partial charge in [-0.05, 0) is 26.0 Å². The van der Waals surface area contributed by atoms with Crippen molar-refractivity contribution < 1.29 is 0 Å². The van der Waals surface area contributed by atoms with Gasteiger partial charge in [-0.25, -0.2) is 0 Å². The zero-order valence-corrected chi connectivity index (χ0v) is 11.5. The first kappa shape index (κ1) is 14.6. The van der Waals surface area contributed by atoms with E-state index in [1.165, 1.54) is 11.3 Å². The lowest BCUT2D eigenvalue weighted by molar-refractivity contribution is 1.20. The summed E-state index contributed by atoms with van der Waals surface area (Å²) in [6.45, 7) is 3.62. The lowest BCUT2D eigenvalue weighted by Gasteiger charge is -1.94. The van der Waals surface area contributed by atoms with E-state index in [1.54, 1.807) is 0 Å². The topological polar surface area (TPSA) is 154 Å². The molecule has 1 heterocycles. The molecule has 19 heavy (non-hydrogen) atoms. The number of hydrogen-bond donors (Lipinski definition) is 4. The van der Waals surface area contributed by atoms with Crippen LogP contribution in [0.25, 0.3) is 0 Å². The van der Waals surface area contributed by atoms with E-state index in [-0.39, 0.29) is 11.9 Å². The molecule has 0 radical (unpaired) electrons. The molecule has 0 unspecified atom stereocenters. The van der Waals surface area contributed by atoms with Crippen molar-refractivity contribution in [1.29, 1.82) is 0 Å². The average Bonchev–Trinajstić information content (AvgIpc) is 2.82. The van der Waals surface area contributed by atoms with Gasteiger partial charge in [0.15, 0.2) is 0 Å². The third kappa shape index (κ3) is 4.76. The molecule has 0 fully saturated rings. The molecular weight excluding hydrogens is 264 g/mol. The van der Waals surface area contributed by atoms with Crippen molar-refractivity contribution in [3.8, 4) is 0 Å². The van der Waals surface area contributed by atoms with Crippen LogP contribution in [0.3, 0.4) is 0 Å². The molecule has 0 amide bonds.